The SMILES string of the molecule is CCC(Nc1cccc(C#N)c1)C(C)C. The van der Waals surface area contributed by atoms with Gasteiger partial charge in [0, 0.05) is 11.7 Å². The third kappa shape index (κ3) is 3.28. The van der Waals surface area contributed by atoms with E-state index in [1.54, 1.807) is 0 Å². The Balaban J connectivity index is 2.75. The zero-order valence-electron chi connectivity index (χ0n) is 9.62. The van der Waals surface area contributed by atoms with E-state index < -0.39 is 0 Å². The summed E-state index contributed by atoms with van der Waals surface area (Å²) in [5.41, 5.74) is 1.74. The lowest BCUT2D eigenvalue weighted by molar-refractivity contribution is 0.511. The van der Waals surface area contributed by atoms with Crippen LogP contribution in [0, 0.1) is 17.2 Å². The normalized spacial score (nSPS) is 12.2. The molecule has 0 aromatic heterocycles. The minimum atomic E-state index is 0.471. The zero-order valence-corrected chi connectivity index (χ0v) is 9.62. The summed E-state index contributed by atoms with van der Waals surface area (Å²) in [6.45, 7) is 6.58. The lowest BCUT2D eigenvalue weighted by Crippen LogP contribution is -2.24. The highest BCUT2D eigenvalue weighted by molar-refractivity contribution is 5.49. The topological polar surface area (TPSA) is 35.8 Å². The Kier molecular flexibility index (Phi) is 4.17. The van der Waals surface area contributed by atoms with E-state index in [4.69, 9.17) is 5.26 Å². The third-order valence-corrected chi connectivity index (χ3v) is 2.59. The fourth-order valence-electron chi connectivity index (χ4n) is 1.63. The molecule has 1 N–H and O–H groups in total. The van der Waals surface area contributed by atoms with Crippen LogP contribution in [0.2, 0.25) is 0 Å². The first-order chi connectivity index (χ1) is 7.17. The molecule has 0 fully saturated rings. The lowest BCUT2D eigenvalue weighted by atomic mass is 10.0. The largest absolute Gasteiger partial charge is 0.382 e. The predicted octanol–water partition coefficient (Wildman–Crippen LogP) is 3.40. The number of nitrogens with one attached hydrogen (secondary N) is 1. The molecule has 80 valence electrons. The molecule has 1 unspecified atom stereocenters. The molecule has 0 amide bonds. The van der Waals surface area contributed by atoms with E-state index in [0.717, 1.165) is 12.1 Å². The van der Waals surface area contributed by atoms with E-state index in [1.807, 2.05) is 24.3 Å². The van der Waals surface area contributed by atoms with Crippen LogP contribution in [0.1, 0.15) is 32.8 Å². The van der Waals surface area contributed by atoms with Crippen molar-refractivity contribution in [3.05, 3.63) is 29.8 Å². The first-order valence-electron chi connectivity index (χ1n) is 5.44. The van der Waals surface area contributed by atoms with Gasteiger partial charge in [-0.05, 0) is 30.5 Å². The molecule has 1 atom stereocenters. The van der Waals surface area contributed by atoms with E-state index in [2.05, 4.69) is 32.2 Å². The molecule has 1 aromatic rings. The standard InChI is InChI=1S/C13H18N2/c1-4-13(10(2)3)15-12-7-5-6-11(8-12)9-14/h5-8,10,13,15H,4H2,1-3H3. The maximum Gasteiger partial charge on any atom is 0.0992 e. The van der Waals surface area contributed by atoms with Crippen molar-refractivity contribution in [3.63, 3.8) is 0 Å². The van der Waals surface area contributed by atoms with Crippen LogP contribution in [0.3, 0.4) is 0 Å². The minimum absolute atomic E-state index is 0.471. The number of nitriles is 1. The van der Waals surface area contributed by atoms with Gasteiger partial charge < -0.3 is 5.32 Å². The summed E-state index contributed by atoms with van der Waals surface area (Å²) in [4.78, 5) is 0. The van der Waals surface area contributed by atoms with Crippen LogP contribution in [0.15, 0.2) is 24.3 Å². The molecule has 0 spiro atoms. The van der Waals surface area contributed by atoms with Gasteiger partial charge in [0.25, 0.3) is 0 Å². The van der Waals surface area contributed by atoms with Crippen LogP contribution < -0.4 is 5.32 Å². The molecule has 15 heavy (non-hydrogen) atoms. The predicted molar refractivity (Wildman–Crippen MR) is 63.7 cm³/mol. The average molecular weight is 202 g/mol. The van der Waals surface area contributed by atoms with Crippen molar-refractivity contribution in [3.8, 4) is 6.07 Å². The van der Waals surface area contributed by atoms with E-state index in [9.17, 15) is 0 Å². The van der Waals surface area contributed by atoms with Gasteiger partial charge in [-0.15, -0.1) is 0 Å². The van der Waals surface area contributed by atoms with Crippen LogP contribution >= 0.6 is 0 Å². The summed E-state index contributed by atoms with van der Waals surface area (Å²) in [6.07, 6.45) is 1.09. The molecule has 1 rings (SSSR count). The maximum atomic E-state index is 8.78. The number of benzene rings is 1. The molecule has 0 saturated heterocycles. The van der Waals surface area contributed by atoms with Crippen molar-refractivity contribution >= 4 is 5.69 Å². The fourth-order valence-corrected chi connectivity index (χ4v) is 1.63. The summed E-state index contributed by atoms with van der Waals surface area (Å²) in [7, 11) is 0. The summed E-state index contributed by atoms with van der Waals surface area (Å²) >= 11 is 0. The molecular weight excluding hydrogens is 184 g/mol. The van der Waals surface area contributed by atoms with Gasteiger partial charge in [0.15, 0.2) is 0 Å². The third-order valence-electron chi connectivity index (χ3n) is 2.59. The monoisotopic (exact) mass is 202 g/mol. The molecule has 1 aromatic carbocycles. The molecular formula is C13H18N2. The van der Waals surface area contributed by atoms with Gasteiger partial charge in [0.05, 0.1) is 11.6 Å². The minimum Gasteiger partial charge on any atom is -0.382 e. The van der Waals surface area contributed by atoms with Crippen molar-refractivity contribution in [2.24, 2.45) is 5.92 Å². The molecule has 0 saturated carbocycles. The molecule has 2 heteroatoms. The first kappa shape index (κ1) is 11.6. The molecule has 0 aliphatic rings. The molecule has 2 nitrogen and oxygen atoms in total. The molecule has 0 radical (unpaired) electrons. The smallest absolute Gasteiger partial charge is 0.0992 e. The van der Waals surface area contributed by atoms with Gasteiger partial charge in [-0.25, -0.2) is 0 Å². The van der Waals surface area contributed by atoms with Crippen LogP contribution in [-0.2, 0) is 0 Å². The Morgan fingerprint density at radius 2 is 2.13 bits per heavy atom. The van der Waals surface area contributed by atoms with Crippen molar-refractivity contribution in [1.29, 1.82) is 5.26 Å². The van der Waals surface area contributed by atoms with Crippen LogP contribution in [0.5, 0.6) is 0 Å². The second kappa shape index (κ2) is 5.41. The number of nitrogens with zero attached hydrogens (tertiary/aromatic N) is 1. The van der Waals surface area contributed by atoms with E-state index in [-0.39, 0.29) is 0 Å². The summed E-state index contributed by atoms with van der Waals surface area (Å²) in [6, 6.07) is 10.3. The van der Waals surface area contributed by atoms with E-state index in [1.165, 1.54) is 0 Å². The van der Waals surface area contributed by atoms with Gasteiger partial charge in [-0.3, -0.25) is 0 Å². The van der Waals surface area contributed by atoms with E-state index in [0.29, 0.717) is 17.5 Å². The van der Waals surface area contributed by atoms with Gasteiger partial charge in [0.1, 0.15) is 0 Å². The second-order valence-electron chi connectivity index (χ2n) is 4.10. The highest BCUT2D eigenvalue weighted by atomic mass is 14.9. The Hall–Kier alpha value is -1.49. The second-order valence-corrected chi connectivity index (χ2v) is 4.10. The molecule has 0 bridgehead atoms. The van der Waals surface area contributed by atoms with Crippen LogP contribution in [0.4, 0.5) is 5.69 Å². The van der Waals surface area contributed by atoms with Gasteiger partial charge in [-0.2, -0.15) is 5.26 Å². The zero-order chi connectivity index (χ0) is 11.3. The van der Waals surface area contributed by atoms with Crippen LogP contribution in [-0.4, -0.2) is 6.04 Å². The number of rotatable bonds is 4. The average Bonchev–Trinajstić information content (AvgIpc) is 2.25. The van der Waals surface area contributed by atoms with Gasteiger partial charge in [-0.1, -0.05) is 26.8 Å². The van der Waals surface area contributed by atoms with Crippen LogP contribution in [0.25, 0.3) is 0 Å². The van der Waals surface area contributed by atoms with E-state index >= 15 is 0 Å². The van der Waals surface area contributed by atoms with Crippen molar-refractivity contribution in [2.45, 2.75) is 33.2 Å². The Morgan fingerprint density at radius 3 is 2.67 bits per heavy atom. The highest BCUT2D eigenvalue weighted by Crippen LogP contribution is 2.16. The van der Waals surface area contributed by atoms with Gasteiger partial charge >= 0.3 is 0 Å². The number of hydrogen-bond acceptors (Lipinski definition) is 2. The van der Waals surface area contributed by atoms with Crippen molar-refractivity contribution < 1.29 is 0 Å². The molecule has 0 aliphatic carbocycles. The summed E-state index contributed by atoms with van der Waals surface area (Å²) in [5, 5.41) is 12.2. The van der Waals surface area contributed by atoms with Gasteiger partial charge in [0.2, 0.25) is 0 Å². The first-order valence-corrected chi connectivity index (χ1v) is 5.44. The summed E-state index contributed by atoms with van der Waals surface area (Å²) < 4.78 is 0. The van der Waals surface area contributed by atoms with Crippen molar-refractivity contribution in [1.82, 2.24) is 0 Å². The maximum absolute atomic E-state index is 8.78. The highest BCUT2D eigenvalue weighted by Gasteiger charge is 2.10. The Morgan fingerprint density at radius 1 is 1.40 bits per heavy atom. The lowest BCUT2D eigenvalue weighted by Gasteiger charge is -2.21. The Labute approximate surface area is 91.9 Å². The number of anilines is 1. The Bertz CT molecular complexity index is 350. The number of hydrogen-bond donors (Lipinski definition) is 1. The van der Waals surface area contributed by atoms with Crippen molar-refractivity contribution in [2.75, 3.05) is 5.32 Å². The molecule has 0 aliphatic heterocycles. The quantitative estimate of drug-likeness (QED) is 0.812. The fraction of sp³-hybridized carbons (Fsp3) is 0.462. The summed E-state index contributed by atoms with van der Waals surface area (Å²) in [5.74, 6) is 0.598. The molecule has 0 heterocycles.